The van der Waals surface area contributed by atoms with Crippen molar-refractivity contribution in [3.63, 3.8) is 0 Å². The third-order valence-corrected chi connectivity index (χ3v) is 4.60. The van der Waals surface area contributed by atoms with Gasteiger partial charge < -0.3 is 10.1 Å². The van der Waals surface area contributed by atoms with Crippen molar-refractivity contribution >= 4 is 23.6 Å². The first-order valence-corrected chi connectivity index (χ1v) is 8.78. The van der Waals surface area contributed by atoms with E-state index in [1.165, 1.54) is 6.42 Å². The van der Waals surface area contributed by atoms with Crippen molar-refractivity contribution in [2.75, 3.05) is 6.61 Å². The van der Waals surface area contributed by atoms with Crippen molar-refractivity contribution in [1.29, 1.82) is 5.26 Å². The van der Waals surface area contributed by atoms with Gasteiger partial charge in [-0.2, -0.15) is 5.26 Å². The Hall–Kier alpha value is -1.99. The average molecular weight is 347 g/mol. The van der Waals surface area contributed by atoms with Gasteiger partial charge in [0.15, 0.2) is 0 Å². The van der Waals surface area contributed by atoms with Crippen LogP contribution in [0.1, 0.15) is 45.1 Å². The van der Waals surface area contributed by atoms with E-state index >= 15 is 0 Å². The molecule has 2 rings (SSSR count). The quantitative estimate of drug-likeness (QED) is 0.637. The maximum absolute atomic E-state index is 12.5. The zero-order chi connectivity index (χ0) is 17.5. The molecule has 2 atom stereocenters. The third-order valence-electron chi connectivity index (χ3n) is 4.36. The molecular weight excluding hydrogens is 324 g/mol. The minimum Gasteiger partial charge on any atom is -0.493 e. The second kappa shape index (κ2) is 8.75. The zero-order valence-electron chi connectivity index (χ0n) is 14.1. The number of hydrogen-bond acceptors (Lipinski definition) is 3. The molecule has 0 radical (unpaired) electrons. The molecule has 0 aliphatic heterocycles. The van der Waals surface area contributed by atoms with Crippen molar-refractivity contribution in [2.45, 2.75) is 45.6 Å². The SMILES string of the molecule is CCOc1ccc(Cl)cc1/C=C(\C#N)C(=O)NC1CCCCC1C. The molecule has 0 bridgehead atoms. The van der Waals surface area contributed by atoms with Crippen molar-refractivity contribution in [3.05, 3.63) is 34.4 Å². The fraction of sp³-hybridized carbons (Fsp3) is 0.474. The summed E-state index contributed by atoms with van der Waals surface area (Å²) in [5, 5.41) is 12.9. The fourth-order valence-electron chi connectivity index (χ4n) is 3.00. The second-order valence-corrected chi connectivity index (χ2v) is 6.56. The maximum Gasteiger partial charge on any atom is 0.262 e. The highest BCUT2D eigenvalue weighted by Crippen LogP contribution is 2.26. The lowest BCUT2D eigenvalue weighted by molar-refractivity contribution is -0.118. The lowest BCUT2D eigenvalue weighted by Crippen LogP contribution is -2.41. The molecular formula is C19H23ClN2O2. The van der Waals surface area contributed by atoms with Crippen LogP contribution in [0.5, 0.6) is 5.75 Å². The van der Waals surface area contributed by atoms with Crippen LogP contribution < -0.4 is 10.1 Å². The molecule has 0 saturated heterocycles. The number of carbonyl (C=O) groups is 1. The average Bonchev–Trinajstić information content (AvgIpc) is 2.57. The molecule has 1 aliphatic carbocycles. The minimum absolute atomic E-state index is 0.0657. The molecule has 1 N–H and O–H groups in total. The number of rotatable bonds is 5. The van der Waals surface area contributed by atoms with Gasteiger partial charge in [0.1, 0.15) is 17.4 Å². The number of hydrogen-bond donors (Lipinski definition) is 1. The van der Waals surface area contributed by atoms with E-state index < -0.39 is 0 Å². The first kappa shape index (κ1) is 18.4. The van der Waals surface area contributed by atoms with Gasteiger partial charge in [0.25, 0.3) is 5.91 Å². The molecule has 1 aromatic rings. The Morgan fingerprint density at radius 1 is 1.46 bits per heavy atom. The summed E-state index contributed by atoms with van der Waals surface area (Å²) < 4.78 is 5.54. The summed E-state index contributed by atoms with van der Waals surface area (Å²) >= 11 is 6.03. The molecule has 4 nitrogen and oxygen atoms in total. The van der Waals surface area contributed by atoms with Crippen LogP contribution in [0, 0.1) is 17.2 Å². The van der Waals surface area contributed by atoms with Crippen molar-refractivity contribution in [2.24, 2.45) is 5.92 Å². The molecule has 0 heterocycles. The maximum atomic E-state index is 12.5. The van der Waals surface area contributed by atoms with Crippen LogP contribution in [0.2, 0.25) is 5.02 Å². The molecule has 24 heavy (non-hydrogen) atoms. The normalized spacial score (nSPS) is 21.0. The van der Waals surface area contributed by atoms with Gasteiger partial charge in [-0.15, -0.1) is 0 Å². The monoisotopic (exact) mass is 346 g/mol. The summed E-state index contributed by atoms with van der Waals surface area (Å²) in [4.78, 5) is 12.5. The van der Waals surface area contributed by atoms with E-state index in [2.05, 4.69) is 12.2 Å². The number of nitrogens with zero attached hydrogens (tertiary/aromatic N) is 1. The minimum atomic E-state index is -0.335. The van der Waals surface area contributed by atoms with E-state index in [0.29, 0.717) is 28.9 Å². The van der Waals surface area contributed by atoms with Gasteiger partial charge in [-0.05, 0) is 50.0 Å². The Kier molecular flexibility index (Phi) is 6.69. The first-order valence-electron chi connectivity index (χ1n) is 8.40. The van der Waals surface area contributed by atoms with Crippen LogP contribution >= 0.6 is 11.6 Å². The summed E-state index contributed by atoms with van der Waals surface area (Å²) in [6.07, 6.45) is 5.93. The van der Waals surface area contributed by atoms with Crippen LogP contribution in [0.15, 0.2) is 23.8 Å². The Bertz CT molecular complexity index is 664. The lowest BCUT2D eigenvalue weighted by atomic mass is 9.86. The highest BCUT2D eigenvalue weighted by Gasteiger charge is 2.24. The Balaban J connectivity index is 2.21. The van der Waals surface area contributed by atoms with Crippen LogP contribution in [0.3, 0.4) is 0 Å². The highest BCUT2D eigenvalue weighted by atomic mass is 35.5. The number of amides is 1. The number of carbonyl (C=O) groups excluding carboxylic acids is 1. The summed E-state index contributed by atoms with van der Waals surface area (Å²) in [7, 11) is 0. The van der Waals surface area contributed by atoms with Crippen molar-refractivity contribution in [1.82, 2.24) is 5.32 Å². The van der Waals surface area contributed by atoms with Gasteiger partial charge in [-0.3, -0.25) is 4.79 Å². The van der Waals surface area contributed by atoms with E-state index in [-0.39, 0.29) is 17.5 Å². The van der Waals surface area contributed by atoms with Gasteiger partial charge in [0.05, 0.1) is 6.61 Å². The van der Waals surface area contributed by atoms with Crippen LogP contribution in [-0.2, 0) is 4.79 Å². The van der Waals surface area contributed by atoms with Gasteiger partial charge in [0.2, 0.25) is 0 Å². The first-order chi connectivity index (χ1) is 11.5. The molecule has 2 unspecified atom stereocenters. The third kappa shape index (κ3) is 4.75. The van der Waals surface area contributed by atoms with Crippen LogP contribution in [-0.4, -0.2) is 18.6 Å². The summed E-state index contributed by atoms with van der Waals surface area (Å²) in [5.74, 6) is 0.708. The van der Waals surface area contributed by atoms with Crippen molar-refractivity contribution < 1.29 is 9.53 Å². The van der Waals surface area contributed by atoms with E-state index in [9.17, 15) is 10.1 Å². The second-order valence-electron chi connectivity index (χ2n) is 6.13. The van der Waals surface area contributed by atoms with E-state index in [1.807, 2.05) is 13.0 Å². The van der Waals surface area contributed by atoms with E-state index in [4.69, 9.17) is 16.3 Å². The highest BCUT2D eigenvalue weighted by molar-refractivity contribution is 6.30. The number of ether oxygens (including phenoxy) is 1. The fourth-order valence-corrected chi connectivity index (χ4v) is 3.18. The Morgan fingerprint density at radius 3 is 2.88 bits per heavy atom. The summed E-state index contributed by atoms with van der Waals surface area (Å²) in [6.45, 7) is 4.52. The van der Waals surface area contributed by atoms with Crippen molar-refractivity contribution in [3.8, 4) is 11.8 Å². The number of halogens is 1. The summed E-state index contributed by atoms with van der Waals surface area (Å²) in [5.41, 5.74) is 0.698. The molecule has 1 aromatic carbocycles. The molecule has 1 fully saturated rings. The number of nitriles is 1. The standard InChI is InChI=1S/C19H23ClN2O2/c1-3-24-18-9-8-16(20)11-14(18)10-15(12-21)19(23)22-17-7-5-4-6-13(17)2/h8-11,13,17H,3-7H2,1-2H3,(H,22,23)/b15-10+. The lowest BCUT2D eigenvalue weighted by Gasteiger charge is -2.29. The molecule has 128 valence electrons. The Labute approximate surface area is 148 Å². The number of nitrogens with one attached hydrogen (secondary N) is 1. The van der Waals surface area contributed by atoms with Gasteiger partial charge in [-0.25, -0.2) is 0 Å². The van der Waals surface area contributed by atoms with Crippen LogP contribution in [0.4, 0.5) is 0 Å². The van der Waals surface area contributed by atoms with E-state index in [1.54, 1.807) is 24.3 Å². The van der Waals surface area contributed by atoms with Gasteiger partial charge in [0, 0.05) is 16.6 Å². The summed E-state index contributed by atoms with van der Waals surface area (Å²) in [6, 6.07) is 7.29. The molecule has 1 aliphatic rings. The van der Waals surface area contributed by atoms with Crippen LogP contribution in [0.25, 0.3) is 6.08 Å². The zero-order valence-corrected chi connectivity index (χ0v) is 14.9. The molecule has 0 aromatic heterocycles. The predicted octanol–water partition coefficient (Wildman–Crippen LogP) is 4.34. The van der Waals surface area contributed by atoms with Gasteiger partial charge in [-0.1, -0.05) is 31.4 Å². The molecule has 0 spiro atoms. The topological polar surface area (TPSA) is 62.1 Å². The van der Waals surface area contributed by atoms with E-state index in [0.717, 1.165) is 19.3 Å². The molecule has 5 heteroatoms. The molecule has 1 saturated carbocycles. The number of benzene rings is 1. The molecule has 1 amide bonds. The largest absolute Gasteiger partial charge is 0.493 e. The Morgan fingerprint density at radius 2 is 2.21 bits per heavy atom. The predicted molar refractivity (Wildman–Crippen MR) is 95.8 cm³/mol. The smallest absolute Gasteiger partial charge is 0.262 e. The van der Waals surface area contributed by atoms with Gasteiger partial charge >= 0.3 is 0 Å².